The fraction of sp³-hybridized carbons (Fsp3) is 0.375. The number of alkyl halides is 4. The molecule has 9 heteroatoms. The summed E-state index contributed by atoms with van der Waals surface area (Å²) in [6, 6.07) is 10.0. The Morgan fingerprint density at radius 1 is 1.21 bits per heavy atom. The molecule has 0 spiro atoms. The van der Waals surface area contributed by atoms with E-state index in [1.165, 1.54) is 11.0 Å². The normalized spacial score (nSPS) is 17.2. The summed E-state index contributed by atoms with van der Waals surface area (Å²) in [4.78, 5) is 14.6. The van der Waals surface area contributed by atoms with Gasteiger partial charge in [-0.25, -0.2) is 0 Å². The summed E-state index contributed by atoms with van der Waals surface area (Å²) in [5.74, 6) is 0.731. The van der Waals surface area contributed by atoms with Crippen LogP contribution in [0.15, 0.2) is 42.7 Å². The summed E-state index contributed by atoms with van der Waals surface area (Å²) in [6.07, 6.45) is 0.406. The van der Waals surface area contributed by atoms with E-state index < -0.39 is 17.6 Å². The second kappa shape index (κ2) is 8.17. The van der Waals surface area contributed by atoms with Crippen molar-refractivity contribution >= 4 is 23.2 Å². The van der Waals surface area contributed by atoms with Crippen molar-refractivity contribution in [2.75, 3.05) is 4.90 Å². The highest BCUT2D eigenvalue weighted by atomic mass is 35.5. The van der Waals surface area contributed by atoms with Gasteiger partial charge in [0.15, 0.2) is 0 Å². The molecule has 1 aliphatic heterocycles. The summed E-state index contributed by atoms with van der Waals surface area (Å²) in [6.45, 7) is -0.132. The van der Waals surface area contributed by atoms with Crippen LogP contribution in [0.2, 0.25) is 0 Å². The van der Waals surface area contributed by atoms with Crippen LogP contribution in [0.4, 0.5) is 18.9 Å². The number of carbonyl (C=O) groups is 1. The third-order valence-corrected chi connectivity index (χ3v) is 7.06. The van der Waals surface area contributed by atoms with Crippen molar-refractivity contribution in [2.45, 2.75) is 43.8 Å². The van der Waals surface area contributed by atoms with Gasteiger partial charge < -0.3 is 9.47 Å². The Bertz CT molecular complexity index is 1220. The fourth-order valence-corrected chi connectivity index (χ4v) is 5.03. The number of aryl methyl sites for hydroxylation is 1. The molecule has 33 heavy (non-hydrogen) atoms. The molecule has 5 rings (SSSR count). The Morgan fingerprint density at radius 2 is 2.00 bits per heavy atom. The molecule has 1 aromatic heterocycles. The van der Waals surface area contributed by atoms with Gasteiger partial charge in [-0.05, 0) is 59.7 Å². The van der Waals surface area contributed by atoms with Crippen LogP contribution >= 0.6 is 11.6 Å². The van der Waals surface area contributed by atoms with Crippen LogP contribution in [0.5, 0.6) is 0 Å². The van der Waals surface area contributed by atoms with Crippen molar-refractivity contribution in [1.29, 1.82) is 0 Å². The minimum absolute atomic E-state index is 0.00406. The Labute approximate surface area is 194 Å². The molecule has 1 fully saturated rings. The van der Waals surface area contributed by atoms with Gasteiger partial charge in [-0.15, -0.1) is 21.8 Å². The maximum Gasteiger partial charge on any atom is 0.416 e. The van der Waals surface area contributed by atoms with Gasteiger partial charge in [-0.2, -0.15) is 13.2 Å². The van der Waals surface area contributed by atoms with E-state index in [9.17, 15) is 18.0 Å². The molecule has 0 bridgehead atoms. The third-order valence-electron chi connectivity index (χ3n) is 6.75. The molecule has 1 atom stereocenters. The van der Waals surface area contributed by atoms with Crippen molar-refractivity contribution in [3.63, 3.8) is 0 Å². The highest BCUT2D eigenvalue weighted by Gasteiger charge is 2.41. The van der Waals surface area contributed by atoms with Crippen molar-refractivity contribution in [3.05, 3.63) is 76.4 Å². The van der Waals surface area contributed by atoms with Crippen LogP contribution in [0.1, 0.15) is 63.6 Å². The average Bonchev–Trinajstić information content (AvgIpc) is 3.32. The van der Waals surface area contributed by atoms with Crippen LogP contribution in [-0.4, -0.2) is 20.7 Å². The lowest BCUT2D eigenvalue weighted by Crippen LogP contribution is -2.25. The van der Waals surface area contributed by atoms with Gasteiger partial charge in [-0.3, -0.25) is 4.79 Å². The van der Waals surface area contributed by atoms with Crippen LogP contribution in [-0.2, 0) is 25.6 Å². The van der Waals surface area contributed by atoms with E-state index in [1.807, 2.05) is 29.8 Å². The molecule has 2 aromatic carbocycles. The molecular formula is C24H22ClF3N4O. The lowest BCUT2D eigenvalue weighted by atomic mass is 9.72. The van der Waals surface area contributed by atoms with E-state index in [2.05, 4.69) is 10.2 Å². The first-order chi connectivity index (χ1) is 15.8. The van der Waals surface area contributed by atoms with Crippen LogP contribution < -0.4 is 4.90 Å². The molecule has 1 amide bonds. The van der Waals surface area contributed by atoms with Crippen molar-refractivity contribution in [3.8, 4) is 0 Å². The standard InChI is InChI=1S/C24H22ClF3N4O/c1-31-13-29-30-22(31)21(15-4-2-5-15)16-6-3-7-17(10-16)32-12-19-18(23(32)33)8-14(11-25)9-20(19)24(26,27)28/h3,6-10,13,15,21H,2,4-5,11-12H2,1H3/t21-/m1/s1. The van der Waals surface area contributed by atoms with Crippen molar-refractivity contribution in [2.24, 2.45) is 13.0 Å². The SMILES string of the molecule is Cn1cnnc1[C@@H](c1cccc(N2Cc3c(cc(CCl)cc3C(F)(F)F)C2=O)c1)C1CCC1. The van der Waals surface area contributed by atoms with E-state index in [0.29, 0.717) is 11.6 Å². The van der Waals surface area contributed by atoms with E-state index in [4.69, 9.17) is 11.6 Å². The number of anilines is 1. The number of hydrogen-bond acceptors (Lipinski definition) is 3. The summed E-state index contributed by atoms with van der Waals surface area (Å²) in [5.41, 5.74) is 1.09. The first-order valence-electron chi connectivity index (χ1n) is 10.8. The lowest BCUT2D eigenvalue weighted by Gasteiger charge is -2.33. The van der Waals surface area contributed by atoms with Gasteiger partial charge in [-0.1, -0.05) is 18.6 Å². The van der Waals surface area contributed by atoms with Gasteiger partial charge in [0.05, 0.1) is 12.1 Å². The molecule has 172 valence electrons. The molecule has 0 radical (unpaired) electrons. The van der Waals surface area contributed by atoms with Crippen molar-refractivity contribution in [1.82, 2.24) is 14.8 Å². The predicted molar refractivity (Wildman–Crippen MR) is 118 cm³/mol. The predicted octanol–water partition coefficient (Wildman–Crippen LogP) is 5.67. The highest BCUT2D eigenvalue weighted by Crippen LogP contribution is 2.44. The van der Waals surface area contributed by atoms with Crippen LogP contribution in [0.3, 0.4) is 0 Å². The number of amides is 1. The zero-order chi connectivity index (χ0) is 23.3. The summed E-state index contributed by atoms with van der Waals surface area (Å²) in [5, 5.41) is 8.35. The monoisotopic (exact) mass is 474 g/mol. The molecule has 0 N–H and O–H groups in total. The van der Waals surface area contributed by atoms with Gasteiger partial charge in [0.2, 0.25) is 0 Å². The van der Waals surface area contributed by atoms with Gasteiger partial charge >= 0.3 is 6.18 Å². The highest BCUT2D eigenvalue weighted by molar-refractivity contribution is 6.17. The van der Waals surface area contributed by atoms with E-state index in [-0.39, 0.29) is 35.0 Å². The minimum atomic E-state index is -4.56. The Kier molecular flexibility index (Phi) is 5.43. The number of halogens is 4. The summed E-state index contributed by atoms with van der Waals surface area (Å²) < 4.78 is 43.1. The number of rotatable bonds is 5. The summed E-state index contributed by atoms with van der Waals surface area (Å²) >= 11 is 5.81. The number of benzene rings is 2. The number of aromatic nitrogens is 3. The largest absolute Gasteiger partial charge is 0.416 e. The van der Waals surface area contributed by atoms with Gasteiger partial charge in [0.25, 0.3) is 5.91 Å². The maximum atomic E-state index is 13.7. The molecular weight excluding hydrogens is 453 g/mol. The minimum Gasteiger partial charge on any atom is -0.320 e. The Morgan fingerprint density at radius 3 is 2.61 bits per heavy atom. The second-order valence-corrected chi connectivity index (χ2v) is 9.02. The zero-order valence-electron chi connectivity index (χ0n) is 17.9. The second-order valence-electron chi connectivity index (χ2n) is 8.76. The fourth-order valence-electron chi connectivity index (χ4n) is 4.87. The number of nitrogens with zero attached hydrogens (tertiary/aromatic N) is 4. The Balaban J connectivity index is 1.54. The summed E-state index contributed by atoms with van der Waals surface area (Å²) in [7, 11) is 1.90. The molecule has 3 aromatic rings. The molecule has 2 aliphatic rings. The molecule has 1 aliphatic carbocycles. The van der Waals surface area contributed by atoms with E-state index in [0.717, 1.165) is 36.7 Å². The van der Waals surface area contributed by atoms with Gasteiger partial charge in [0, 0.05) is 30.1 Å². The number of carbonyl (C=O) groups excluding carboxylic acids is 1. The average molecular weight is 475 g/mol. The Hall–Kier alpha value is -2.87. The van der Waals surface area contributed by atoms with Crippen LogP contribution in [0.25, 0.3) is 0 Å². The first-order valence-corrected chi connectivity index (χ1v) is 11.4. The third kappa shape index (κ3) is 3.80. The molecule has 0 unspecified atom stereocenters. The number of fused-ring (bicyclic) bond motifs is 1. The molecule has 0 saturated heterocycles. The van der Waals surface area contributed by atoms with E-state index in [1.54, 1.807) is 12.4 Å². The first kappa shape index (κ1) is 21.9. The zero-order valence-corrected chi connectivity index (χ0v) is 18.7. The quantitative estimate of drug-likeness (QED) is 0.448. The molecule has 1 saturated carbocycles. The molecule has 5 nitrogen and oxygen atoms in total. The molecule has 2 heterocycles. The van der Waals surface area contributed by atoms with Crippen molar-refractivity contribution < 1.29 is 18.0 Å². The van der Waals surface area contributed by atoms with E-state index >= 15 is 0 Å². The number of hydrogen-bond donors (Lipinski definition) is 0. The smallest absolute Gasteiger partial charge is 0.320 e. The van der Waals surface area contributed by atoms with Crippen LogP contribution in [0, 0.1) is 5.92 Å². The maximum absolute atomic E-state index is 13.7. The van der Waals surface area contributed by atoms with Gasteiger partial charge in [0.1, 0.15) is 12.2 Å². The topological polar surface area (TPSA) is 51.0 Å². The lowest BCUT2D eigenvalue weighted by molar-refractivity contribution is -0.138.